The van der Waals surface area contributed by atoms with Crippen molar-refractivity contribution in [3.63, 3.8) is 0 Å². The van der Waals surface area contributed by atoms with Crippen LogP contribution >= 0.6 is 0 Å². The fraction of sp³-hybridized carbons (Fsp3) is 0.429. The molecule has 4 rings (SSSR count). The minimum absolute atomic E-state index is 0.0129. The van der Waals surface area contributed by atoms with E-state index in [2.05, 4.69) is 17.2 Å². The number of fused-ring (bicyclic) bond motifs is 1. The van der Waals surface area contributed by atoms with Crippen molar-refractivity contribution in [3.05, 3.63) is 53.5 Å². The number of nitrogens with zero attached hydrogens (tertiary/aromatic N) is 2. The Hall–Kier alpha value is -2.43. The van der Waals surface area contributed by atoms with Gasteiger partial charge in [-0.05, 0) is 55.5 Å². The molecule has 0 spiro atoms. The topological polar surface area (TPSA) is 45.2 Å². The van der Waals surface area contributed by atoms with Crippen LogP contribution in [0.15, 0.2) is 36.4 Å². The fourth-order valence-corrected chi connectivity index (χ4v) is 4.31. The van der Waals surface area contributed by atoms with E-state index in [1.165, 1.54) is 12.1 Å². The third-order valence-electron chi connectivity index (χ3n) is 5.59. The number of rotatable bonds is 3. The third kappa shape index (κ3) is 2.96. The van der Waals surface area contributed by atoms with Crippen molar-refractivity contribution < 1.29 is 9.18 Å². The lowest BCUT2D eigenvalue weighted by Crippen LogP contribution is -2.51. The zero-order chi connectivity index (χ0) is 18.4. The van der Waals surface area contributed by atoms with Gasteiger partial charge in [-0.15, -0.1) is 0 Å². The predicted octanol–water partition coefficient (Wildman–Crippen LogP) is 4.46. The minimum Gasteiger partial charge on any atom is -0.363 e. The van der Waals surface area contributed by atoms with Crippen LogP contribution in [0.25, 0.3) is 0 Å². The number of amides is 1. The van der Waals surface area contributed by atoms with E-state index in [1.54, 1.807) is 13.0 Å². The molecule has 1 aromatic heterocycles. The van der Waals surface area contributed by atoms with E-state index in [0.29, 0.717) is 11.6 Å². The highest BCUT2D eigenvalue weighted by atomic mass is 19.1. The molecule has 1 saturated carbocycles. The number of anilines is 2. The van der Waals surface area contributed by atoms with Gasteiger partial charge >= 0.3 is 0 Å². The minimum atomic E-state index is -0.313. The molecule has 1 aromatic carbocycles. The van der Waals surface area contributed by atoms with E-state index in [9.17, 15) is 9.18 Å². The monoisotopic (exact) mass is 353 g/mol. The Balaban J connectivity index is 1.80. The molecule has 3 atom stereocenters. The molecule has 2 heterocycles. The molecular weight excluding hydrogens is 329 g/mol. The van der Waals surface area contributed by atoms with Crippen LogP contribution in [0.3, 0.4) is 0 Å². The first-order valence-corrected chi connectivity index (χ1v) is 9.25. The number of carbonyl (C=O) groups is 1. The molecule has 0 radical (unpaired) electrons. The van der Waals surface area contributed by atoms with E-state index < -0.39 is 0 Å². The van der Waals surface area contributed by atoms with Gasteiger partial charge in [-0.3, -0.25) is 4.79 Å². The maximum absolute atomic E-state index is 14.0. The van der Waals surface area contributed by atoms with Crippen LogP contribution < -0.4 is 10.2 Å². The van der Waals surface area contributed by atoms with Crippen LogP contribution in [0.5, 0.6) is 0 Å². The second-order valence-corrected chi connectivity index (χ2v) is 7.57. The average molecular weight is 353 g/mol. The Kier molecular flexibility index (Phi) is 4.17. The zero-order valence-electron chi connectivity index (χ0n) is 15.4. The summed E-state index contributed by atoms with van der Waals surface area (Å²) in [6, 6.07) is 10.7. The van der Waals surface area contributed by atoms with Crippen LogP contribution in [0.4, 0.5) is 15.9 Å². The summed E-state index contributed by atoms with van der Waals surface area (Å²) in [5, 5.41) is 3.55. The SMILES string of the molecule is CC(=O)N1c2cc(F)ccc2[C@H](Nc2cccc(C)n2)[C@@H](C)[C@@H]1C1CC1. The second kappa shape index (κ2) is 6.38. The van der Waals surface area contributed by atoms with Gasteiger partial charge in [0.2, 0.25) is 5.91 Å². The lowest BCUT2D eigenvalue weighted by Gasteiger charge is -2.45. The van der Waals surface area contributed by atoms with Crippen LogP contribution in [0.2, 0.25) is 0 Å². The van der Waals surface area contributed by atoms with Crippen molar-refractivity contribution in [2.24, 2.45) is 11.8 Å². The third-order valence-corrected chi connectivity index (χ3v) is 5.59. The van der Waals surface area contributed by atoms with Crippen LogP contribution in [0, 0.1) is 24.6 Å². The molecule has 2 aliphatic rings. The fourth-order valence-electron chi connectivity index (χ4n) is 4.31. The maximum atomic E-state index is 14.0. The molecule has 1 aliphatic heterocycles. The molecule has 1 N–H and O–H groups in total. The molecular formula is C21H24FN3O. The van der Waals surface area contributed by atoms with Crippen molar-refractivity contribution in [2.75, 3.05) is 10.2 Å². The van der Waals surface area contributed by atoms with Gasteiger partial charge in [0.25, 0.3) is 0 Å². The van der Waals surface area contributed by atoms with Crippen LogP contribution in [-0.2, 0) is 4.79 Å². The number of benzene rings is 1. The number of hydrogen-bond donors (Lipinski definition) is 1. The molecule has 0 unspecified atom stereocenters. The van der Waals surface area contributed by atoms with E-state index in [4.69, 9.17) is 0 Å². The summed E-state index contributed by atoms with van der Waals surface area (Å²) in [7, 11) is 0. The predicted molar refractivity (Wildman–Crippen MR) is 101 cm³/mol. The number of hydrogen-bond acceptors (Lipinski definition) is 3. The van der Waals surface area contributed by atoms with Crippen molar-refractivity contribution in [2.45, 2.75) is 45.7 Å². The summed E-state index contributed by atoms with van der Waals surface area (Å²) in [6.45, 7) is 5.72. The van der Waals surface area contributed by atoms with Crippen molar-refractivity contribution in [3.8, 4) is 0 Å². The number of aryl methyl sites for hydroxylation is 1. The van der Waals surface area contributed by atoms with Gasteiger partial charge < -0.3 is 10.2 Å². The van der Waals surface area contributed by atoms with Gasteiger partial charge in [-0.25, -0.2) is 9.37 Å². The van der Waals surface area contributed by atoms with Gasteiger partial charge in [-0.1, -0.05) is 19.1 Å². The highest BCUT2D eigenvalue weighted by molar-refractivity contribution is 5.94. The van der Waals surface area contributed by atoms with Crippen molar-refractivity contribution in [1.29, 1.82) is 0 Å². The lowest BCUT2D eigenvalue weighted by molar-refractivity contribution is -0.117. The number of aromatic nitrogens is 1. The number of pyridine rings is 1. The van der Waals surface area contributed by atoms with E-state index in [0.717, 1.165) is 29.9 Å². The number of carbonyl (C=O) groups excluding carboxylic acids is 1. The molecule has 1 amide bonds. The first-order valence-electron chi connectivity index (χ1n) is 9.25. The normalized spacial score (nSPS) is 24.9. The maximum Gasteiger partial charge on any atom is 0.224 e. The van der Waals surface area contributed by atoms with Crippen molar-refractivity contribution in [1.82, 2.24) is 4.98 Å². The second-order valence-electron chi connectivity index (χ2n) is 7.57. The Morgan fingerprint density at radius 3 is 2.69 bits per heavy atom. The summed E-state index contributed by atoms with van der Waals surface area (Å²) in [6.07, 6.45) is 2.25. The average Bonchev–Trinajstić information content (AvgIpc) is 3.41. The largest absolute Gasteiger partial charge is 0.363 e. The van der Waals surface area contributed by atoms with Crippen molar-refractivity contribution >= 4 is 17.4 Å². The first-order chi connectivity index (χ1) is 12.5. The zero-order valence-corrected chi connectivity index (χ0v) is 15.4. The highest BCUT2D eigenvalue weighted by Gasteiger charge is 2.47. The summed E-state index contributed by atoms with van der Waals surface area (Å²) in [5.41, 5.74) is 2.59. The van der Waals surface area contributed by atoms with E-state index >= 15 is 0 Å². The molecule has 4 nitrogen and oxygen atoms in total. The number of nitrogens with one attached hydrogen (secondary N) is 1. The van der Waals surface area contributed by atoms with E-state index in [1.807, 2.05) is 30.0 Å². The molecule has 1 fully saturated rings. The molecule has 0 bridgehead atoms. The standard InChI is InChI=1S/C21H24FN3O/c1-12-5-4-6-19(23-12)24-20-13(2)21(15-7-8-15)25(14(3)26)18-11-16(22)9-10-17(18)20/h4-6,9-11,13,15,20-21H,7-8H2,1-3H3,(H,23,24)/t13-,20-,21-/m1/s1. The molecule has 0 saturated heterocycles. The van der Waals surface area contributed by atoms with Gasteiger partial charge in [-0.2, -0.15) is 0 Å². The molecule has 2 aromatic rings. The highest BCUT2D eigenvalue weighted by Crippen LogP contribution is 2.50. The molecule has 1 aliphatic carbocycles. The summed E-state index contributed by atoms with van der Waals surface area (Å²) < 4.78 is 14.0. The van der Waals surface area contributed by atoms with Crippen LogP contribution in [-0.4, -0.2) is 16.9 Å². The first kappa shape index (κ1) is 17.0. The summed E-state index contributed by atoms with van der Waals surface area (Å²) in [5.74, 6) is 1.16. The quantitative estimate of drug-likeness (QED) is 0.886. The Morgan fingerprint density at radius 1 is 1.27 bits per heavy atom. The Labute approximate surface area is 153 Å². The lowest BCUT2D eigenvalue weighted by atomic mass is 9.80. The summed E-state index contributed by atoms with van der Waals surface area (Å²) in [4.78, 5) is 18.8. The van der Waals surface area contributed by atoms with Crippen LogP contribution in [0.1, 0.15) is 44.0 Å². The number of halogens is 1. The molecule has 5 heteroatoms. The summed E-state index contributed by atoms with van der Waals surface area (Å²) >= 11 is 0. The molecule has 136 valence electrons. The molecule has 26 heavy (non-hydrogen) atoms. The van der Waals surface area contributed by atoms with Gasteiger partial charge in [0.15, 0.2) is 0 Å². The van der Waals surface area contributed by atoms with E-state index in [-0.39, 0.29) is 29.7 Å². The van der Waals surface area contributed by atoms with Gasteiger partial charge in [0.05, 0.1) is 11.7 Å². The van der Waals surface area contributed by atoms with Gasteiger partial charge in [0, 0.05) is 24.6 Å². The smallest absolute Gasteiger partial charge is 0.224 e. The Morgan fingerprint density at radius 2 is 2.04 bits per heavy atom. The van der Waals surface area contributed by atoms with Gasteiger partial charge in [0.1, 0.15) is 11.6 Å². The Bertz CT molecular complexity index is 849.